The zero-order valence-corrected chi connectivity index (χ0v) is 18.9. The Hall–Kier alpha value is -3.17. The highest BCUT2D eigenvalue weighted by Gasteiger charge is 2.24. The van der Waals surface area contributed by atoms with Crippen LogP contribution in [0.2, 0.25) is 0 Å². The molecule has 1 aromatic heterocycles. The van der Waals surface area contributed by atoms with Gasteiger partial charge in [-0.25, -0.2) is 8.42 Å². The zero-order valence-electron chi connectivity index (χ0n) is 17.3. The van der Waals surface area contributed by atoms with Crippen LogP contribution in [0.3, 0.4) is 0 Å². The number of amides is 2. The van der Waals surface area contributed by atoms with E-state index in [0.717, 1.165) is 16.9 Å². The number of rotatable bonds is 6. The fourth-order valence-corrected chi connectivity index (χ4v) is 5.57. The smallest absolute Gasteiger partial charge is 0.271 e. The topological polar surface area (TPSA) is 86.8 Å². The number of nitrogens with zero attached hydrogens (tertiary/aromatic N) is 2. The molecule has 0 unspecified atom stereocenters. The van der Waals surface area contributed by atoms with Gasteiger partial charge < -0.3 is 9.80 Å². The largest absolute Gasteiger partial charge is 0.339 e. The molecule has 166 valence electrons. The molecule has 3 aromatic rings. The van der Waals surface area contributed by atoms with Crippen molar-refractivity contribution in [1.29, 1.82) is 0 Å². The third kappa shape index (κ3) is 5.17. The molecule has 1 fully saturated rings. The third-order valence-electron chi connectivity index (χ3n) is 5.26. The van der Waals surface area contributed by atoms with Crippen molar-refractivity contribution in [2.24, 2.45) is 0 Å². The Kier molecular flexibility index (Phi) is 6.57. The molecule has 2 heterocycles. The molecule has 2 amide bonds. The first-order valence-corrected chi connectivity index (χ1v) is 12.6. The molecule has 4 rings (SSSR count). The molecule has 32 heavy (non-hydrogen) atoms. The maximum atomic E-state index is 12.7. The quantitative estimate of drug-likeness (QED) is 0.601. The van der Waals surface area contributed by atoms with Gasteiger partial charge >= 0.3 is 0 Å². The number of anilines is 1. The molecule has 1 N–H and O–H groups in total. The van der Waals surface area contributed by atoms with Crippen molar-refractivity contribution < 1.29 is 18.0 Å². The number of sulfonamides is 1. The van der Waals surface area contributed by atoms with Gasteiger partial charge in [-0.05, 0) is 41.3 Å². The van der Waals surface area contributed by atoms with Crippen LogP contribution in [0.15, 0.2) is 76.3 Å². The normalized spacial score (nSPS) is 14.2. The first-order chi connectivity index (χ1) is 15.4. The van der Waals surface area contributed by atoms with Crippen molar-refractivity contribution in [1.82, 2.24) is 9.80 Å². The second-order valence-electron chi connectivity index (χ2n) is 7.45. The Morgan fingerprint density at radius 3 is 2.12 bits per heavy atom. The van der Waals surface area contributed by atoms with Gasteiger partial charge in [0.25, 0.3) is 15.9 Å². The van der Waals surface area contributed by atoms with Gasteiger partial charge in [-0.3, -0.25) is 14.3 Å². The van der Waals surface area contributed by atoms with Crippen LogP contribution in [0.25, 0.3) is 0 Å². The summed E-state index contributed by atoms with van der Waals surface area (Å²) >= 11 is 1.15. The molecular formula is C23H23N3O4S2. The molecule has 0 aliphatic carbocycles. The minimum absolute atomic E-state index is 0.0104. The van der Waals surface area contributed by atoms with E-state index in [1.807, 2.05) is 18.2 Å². The van der Waals surface area contributed by atoms with Crippen LogP contribution in [-0.2, 0) is 21.2 Å². The van der Waals surface area contributed by atoms with Gasteiger partial charge in [0.05, 0.1) is 6.42 Å². The van der Waals surface area contributed by atoms with Gasteiger partial charge in [0.1, 0.15) is 4.21 Å². The molecule has 1 aliphatic rings. The molecule has 0 radical (unpaired) electrons. The average molecular weight is 470 g/mol. The summed E-state index contributed by atoms with van der Waals surface area (Å²) in [6.45, 7) is 2.00. The molecule has 1 aliphatic heterocycles. The van der Waals surface area contributed by atoms with Crippen LogP contribution in [-0.4, -0.2) is 56.2 Å². The van der Waals surface area contributed by atoms with Crippen LogP contribution >= 0.6 is 11.3 Å². The number of carbonyl (C=O) groups excluding carboxylic acids is 2. The van der Waals surface area contributed by atoms with Crippen LogP contribution in [0.4, 0.5) is 5.69 Å². The van der Waals surface area contributed by atoms with Crippen LogP contribution in [0, 0.1) is 0 Å². The summed E-state index contributed by atoms with van der Waals surface area (Å²) in [5.74, 6) is -0.0259. The number of hydrogen-bond acceptors (Lipinski definition) is 5. The zero-order chi connectivity index (χ0) is 22.6. The van der Waals surface area contributed by atoms with E-state index in [1.54, 1.807) is 63.7 Å². The van der Waals surface area contributed by atoms with Crippen LogP contribution in [0.1, 0.15) is 15.9 Å². The summed E-state index contributed by atoms with van der Waals surface area (Å²) in [5, 5.41) is 1.71. The minimum Gasteiger partial charge on any atom is -0.339 e. The van der Waals surface area contributed by atoms with E-state index in [0.29, 0.717) is 37.4 Å². The van der Waals surface area contributed by atoms with Crippen molar-refractivity contribution in [3.05, 3.63) is 83.2 Å². The molecule has 0 spiro atoms. The Bertz CT molecular complexity index is 1170. The first-order valence-electron chi connectivity index (χ1n) is 10.2. The first kappa shape index (κ1) is 22.0. The summed E-state index contributed by atoms with van der Waals surface area (Å²) < 4.78 is 27.4. The summed E-state index contributed by atoms with van der Waals surface area (Å²) in [7, 11) is -3.59. The molecule has 7 nitrogen and oxygen atoms in total. The summed E-state index contributed by atoms with van der Waals surface area (Å²) in [6.07, 6.45) is 0.227. The summed E-state index contributed by atoms with van der Waals surface area (Å²) in [6, 6.07) is 19.2. The van der Waals surface area contributed by atoms with E-state index < -0.39 is 10.0 Å². The van der Waals surface area contributed by atoms with Gasteiger partial charge in [-0.15, -0.1) is 11.3 Å². The molecular weight excluding hydrogens is 446 g/mol. The fraction of sp³-hybridized carbons (Fsp3) is 0.217. The predicted octanol–water partition coefficient (Wildman–Crippen LogP) is 3.08. The molecule has 0 bridgehead atoms. The van der Waals surface area contributed by atoms with E-state index in [2.05, 4.69) is 4.72 Å². The van der Waals surface area contributed by atoms with Crippen molar-refractivity contribution in [3.8, 4) is 0 Å². The Balaban J connectivity index is 1.29. The molecule has 1 saturated heterocycles. The van der Waals surface area contributed by atoms with E-state index in [-0.39, 0.29) is 22.4 Å². The number of hydrogen-bond donors (Lipinski definition) is 1. The molecule has 0 atom stereocenters. The minimum atomic E-state index is -3.59. The standard InChI is InChI=1S/C23H23N3O4S2/c27-21(25-12-14-26(15-13-25)23(28)19-5-2-1-3-6-19)17-18-8-10-20(11-9-18)24-32(29,30)22-7-4-16-31-22/h1-11,16,24H,12-15,17H2. The fourth-order valence-electron chi connectivity index (χ4n) is 3.52. The summed E-state index contributed by atoms with van der Waals surface area (Å²) in [4.78, 5) is 28.8. The van der Waals surface area contributed by atoms with Gasteiger partial charge in [0.2, 0.25) is 5.91 Å². The van der Waals surface area contributed by atoms with Gasteiger partial charge in [-0.1, -0.05) is 36.4 Å². The van der Waals surface area contributed by atoms with Gasteiger partial charge in [0, 0.05) is 37.4 Å². The highest BCUT2D eigenvalue weighted by molar-refractivity contribution is 7.94. The number of nitrogens with one attached hydrogen (secondary N) is 1. The van der Waals surface area contributed by atoms with Gasteiger partial charge in [0.15, 0.2) is 0 Å². The highest BCUT2D eigenvalue weighted by atomic mass is 32.2. The monoisotopic (exact) mass is 469 g/mol. The van der Waals surface area contributed by atoms with E-state index in [1.165, 1.54) is 0 Å². The predicted molar refractivity (Wildman–Crippen MR) is 124 cm³/mol. The van der Waals surface area contributed by atoms with Crippen molar-refractivity contribution in [2.75, 3.05) is 30.9 Å². The number of benzene rings is 2. The van der Waals surface area contributed by atoms with Crippen LogP contribution < -0.4 is 4.72 Å². The summed E-state index contributed by atoms with van der Waals surface area (Å²) in [5.41, 5.74) is 1.90. The van der Waals surface area contributed by atoms with Crippen LogP contribution in [0.5, 0.6) is 0 Å². The van der Waals surface area contributed by atoms with Crippen molar-refractivity contribution in [3.63, 3.8) is 0 Å². The number of thiophene rings is 1. The lowest BCUT2D eigenvalue weighted by molar-refractivity contribution is -0.131. The number of piperazine rings is 1. The van der Waals surface area contributed by atoms with Crippen molar-refractivity contribution in [2.45, 2.75) is 10.6 Å². The number of carbonyl (C=O) groups is 2. The third-order valence-corrected chi connectivity index (χ3v) is 8.04. The second kappa shape index (κ2) is 9.54. The highest BCUT2D eigenvalue weighted by Crippen LogP contribution is 2.21. The molecule has 0 saturated carbocycles. The molecule has 2 aromatic carbocycles. The Morgan fingerprint density at radius 2 is 1.50 bits per heavy atom. The molecule has 9 heteroatoms. The average Bonchev–Trinajstić information content (AvgIpc) is 3.37. The second-order valence-corrected chi connectivity index (χ2v) is 10.3. The Morgan fingerprint density at radius 1 is 0.844 bits per heavy atom. The SMILES string of the molecule is O=C(Cc1ccc(NS(=O)(=O)c2cccs2)cc1)N1CCN(C(=O)c2ccccc2)CC1. The lowest BCUT2D eigenvalue weighted by Crippen LogP contribution is -2.51. The maximum absolute atomic E-state index is 12.7. The Labute approximate surface area is 191 Å². The lowest BCUT2D eigenvalue weighted by Gasteiger charge is -2.35. The van der Waals surface area contributed by atoms with Crippen molar-refractivity contribution >= 4 is 38.9 Å². The van der Waals surface area contributed by atoms with Gasteiger partial charge in [-0.2, -0.15) is 0 Å². The lowest BCUT2D eigenvalue weighted by atomic mass is 10.1. The maximum Gasteiger partial charge on any atom is 0.271 e. The van der Waals surface area contributed by atoms with E-state index in [4.69, 9.17) is 0 Å². The van der Waals surface area contributed by atoms with E-state index >= 15 is 0 Å². The van der Waals surface area contributed by atoms with E-state index in [9.17, 15) is 18.0 Å².